The van der Waals surface area contributed by atoms with Crippen LogP contribution in [0.4, 0.5) is 16.0 Å². The van der Waals surface area contributed by atoms with Gasteiger partial charge in [-0.05, 0) is 19.1 Å². The first-order valence-corrected chi connectivity index (χ1v) is 4.91. The predicted octanol–water partition coefficient (Wildman–Crippen LogP) is 1.97. The minimum absolute atomic E-state index is 0.265. The maximum absolute atomic E-state index is 12.9. The van der Waals surface area contributed by atoms with Gasteiger partial charge in [0, 0.05) is 12.2 Å². The lowest BCUT2D eigenvalue weighted by Gasteiger charge is -2.19. The summed E-state index contributed by atoms with van der Waals surface area (Å²) in [5, 5.41) is 0. The predicted molar refractivity (Wildman–Crippen MR) is 57.7 cm³/mol. The molecule has 0 aliphatic rings. The van der Waals surface area contributed by atoms with Crippen molar-refractivity contribution in [1.29, 1.82) is 0 Å². The quantitative estimate of drug-likeness (QED) is 0.788. The van der Waals surface area contributed by atoms with E-state index in [4.69, 9.17) is 0 Å². The maximum Gasteiger partial charge on any atom is 0.314 e. The van der Waals surface area contributed by atoms with E-state index in [1.54, 1.807) is 4.90 Å². The van der Waals surface area contributed by atoms with Crippen molar-refractivity contribution in [2.24, 2.45) is 0 Å². The second-order valence-corrected chi connectivity index (χ2v) is 3.08. The van der Waals surface area contributed by atoms with Gasteiger partial charge in [0.2, 0.25) is 12.3 Å². The Labute approximate surface area is 92.8 Å². The molecular weight excluding hydrogens is 207 g/mol. The molecule has 0 N–H and O–H groups in total. The maximum atomic E-state index is 12.9. The lowest BCUT2D eigenvalue weighted by Crippen LogP contribution is -2.19. The smallest absolute Gasteiger partial charge is 0.311 e. The third-order valence-corrected chi connectivity index (χ3v) is 2.11. The van der Waals surface area contributed by atoms with Crippen molar-refractivity contribution in [2.45, 2.75) is 6.92 Å². The zero-order chi connectivity index (χ0) is 11.4. The fraction of sp³-hybridized carbons (Fsp3) is 0.182. The Hall–Kier alpha value is -2.04. The number of rotatable bonds is 3. The number of aromatic nitrogens is 3. The molecule has 0 aliphatic carbocycles. The van der Waals surface area contributed by atoms with E-state index in [9.17, 15) is 4.39 Å². The average Bonchev–Trinajstić information content (AvgIpc) is 2.31. The second-order valence-electron chi connectivity index (χ2n) is 3.08. The molecule has 0 spiro atoms. The first-order valence-electron chi connectivity index (χ1n) is 4.91. The van der Waals surface area contributed by atoms with E-state index in [-0.39, 0.29) is 5.95 Å². The van der Waals surface area contributed by atoms with Gasteiger partial charge in [-0.25, -0.2) is 0 Å². The van der Waals surface area contributed by atoms with Gasteiger partial charge in [-0.2, -0.15) is 19.3 Å². The van der Waals surface area contributed by atoms with Gasteiger partial charge in [0.25, 0.3) is 0 Å². The summed E-state index contributed by atoms with van der Waals surface area (Å²) in [6, 6.07) is 9.53. The van der Waals surface area contributed by atoms with E-state index in [2.05, 4.69) is 21.3 Å². The largest absolute Gasteiger partial charge is 0.314 e. The van der Waals surface area contributed by atoms with Gasteiger partial charge >= 0.3 is 6.08 Å². The highest BCUT2D eigenvalue weighted by molar-refractivity contribution is 5.56. The monoisotopic (exact) mass is 217 g/mol. The van der Waals surface area contributed by atoms with Crippen LogP contribution in [0.5, 0.6) is 0 Å². The summed E-state index contributed by atoms with van der Waals surface area (Å²) in [4.78, 5) is 12.4. The fourth-order valence-electron chi connectivity index (χ4n) is 1.41. The number of hydrogen-bond donors (Lipinski definition) is 0. The highest BCUT2D eigenvalue weighted by atomic mass is 19.1. The summed E-state index contributed by atoms with van der Waals surface area (Å²) in [6.07, 6.45) is 1.41. The van der Waals surface area contributed by atoms with Gasteiger partial charge in [0.05, 0.1) is 0 Å². The molecule has 1 radical (unpaired) electrons. The van der Waals surface area contributed by atoms with Crippen molar-refractivity contribution in [3.05, 3.63) is 42.7 Å². The van der Waals surface area contributed by atoms with Crippen molar-refractivity contribution in [2.75, 3.05) is 11.4 Å². The third-order valence-electron chi connectivity index (χ3n) is 2.11. The molecule has 0 unspecified atom stereocenters. The standard InChI is InChI=1S/C11H10FN4/c1-2-16(9-6-4-3-5-7-9)11-14-8-13-10(12)15-11/h3-7H,2H2,1H3. The zero-order valence-corrected chi connectivity index (χ0v) is 8.76. The molecule has 16 heavy (non-hydrogen) atoms. The molecule has 4 nitrogen and oxygen atoms in total. The van der Waals surface area contributed by atoms with Crippen LogP contribution in [-0.2, 0) is 0 Å². The molecule has 2 aromatic rings. The molecule has 0 saturated heterocycles. The van der Waals surface area contributed by atoms with Gasteiger partial charge in [0.1, 0.15) is 0 Å². The molecule has 0 saturated carbocycles. The van der Waals surface area contributed by atoms with E-state index in [1.807, 2.05) is 37.3 Å². The Morgan fingerprint density at radius 1 is 1.25 bits per heavy atom. The Bertz CT molecular complexity index is 461. The minimum Gasteiger partial charge on any atom is -0.311 e. The van der Waals surface area contributed by atoms with Gasteiger partial charge in [-0.15, -0.1) is 0 Å². The lowest BCUT2D eigenvalue weighted by molar-refractivity contribution is 0.530. The first kappa shape index (κ1) is 10.5. The molecule has 1 aromatic carbocycles. The van der Waals surface area contributed by atoms with Crippen LogP contribution in [0.15, 0.2) is 30.3 Å². The first-order chi connectivity index (χ1) is 7.81. The fourth-order valence-corrected chi connectivity index (χ4v) is 1.41. The third kappa shape index (κ3) is 2.13. The topological polar surface area (TPSA) is 41.9 Å². The van der Waals surface area contributed by atoms with Crippen molar-refractivity contribution in [1.82, 2.24) is 15.0 Å². The lowest BCUT2D eigenvalue weighted by atomic mass is 10.3. The number of anilines is 2. The Morgan fingerprint density at radius 3 is 2.62 bits per heavy atom. The normalized spacial score (nSPS) is 10.1. The van der Waals surface area contributed by atoms with E-state index in [0.29, 0.717) is 6.54 Å². The van der Waals surface area contributed by atoms with E-state index in [0.717, 1.165) is 5.69 Å². The van der Waals surface area contributed by atoms with Crippen LogP contribution in [0.3, 0.4) is 0 Å². The van der Waals surface area contributed by atoms with Crippen molar-refractivity contribution >= 4 is 11.6 Å². The van der Waals surface area contributed by atoms with Crippen LogP contribution < -0.4 is 4.90 Å². The van der Waals surface area contributed by atoms with Gasteiger partial charge in [-0.3, -0.25) is 0 Å². The van der Waals surface area contributed by atoms with E-state index >= 15 is 0 Å². The molecule has 5 heteroatoms. The molecule has 0 fully saturated rings. The Morgan fingerprint density at radius 2 is 2.00 bits per heavy atom. The second kappa shape index (κ2) is 4.65. The van der Waals surface area contributed by atoms with Gasteiger partial charge in [0.15, 0.2) is 0 Å². The number of nitrogens with zero attached hydrogens (tertiary/aromatic N) is 4. The van der Waals surface area contributed by atoms with Crippen molar-refractivity contribution in [3.8, 4) is 0 Å². The summed E-state index contributed by atoms with van der Waals surface area (Å²) in [7, 11) is 0. The molecule has 0 aliphatic heterocycles. The van der Waals surface area contributed by atoms with Crippen LogP contribution in [0.2, 0.25) is 0 Å². The summed E-state index contributed by atoms with van der Waals surface area (Å²) in [6.45, 7) is 2.58. The highest BCUT2D eigenvalue weighted by Gasteiger charge is 2.10. The number of benzene rings is 1. The van der Waals surface area contributed by atoms with Crippen LogP contribution in [0.1, 0.15) is 6.92 Å². The SMILES string of the molecule is CCN(c1ccccc1)c1n[c]nc(F)n1. The average molecular weight is 217 g/mol. The summed E-state index contributed by atoms with van der Waals surface area (Å²) in [5.74, 6) is 0.265. The summed E-state index contributed by atoms with van der Waals surface area (Å²) < 4.78 is 12.9. The summed E-state index contributed by atoms with van der Waals surface area (Å²) in [5.41, 5.74) is 0.906. The van der Waals surface area contributed by atoms with Crippen LogP contribution in [0, 0.1) is 12.4 Å². The molecule has 2 rings (SSSR count). The van der Waals surface area contributed by atoms with Crippen molar-refractivity contribution in [3.63, 3.8) is 0 Å². The molecule has 81 valence electrons. The van der Waals surface area contributed by atoms with Crippen LogP contribution in [0.25, 0.3) is 0 Å². The van der Waals surface area contributed by atoms with Gasteiger partial charge in [-0.1, -0.05) is 18.2 Å². The molecule has 0 bridgehead atoms. The molecule has 1 aromatic heterocycles. The van der Waals surface area contributed by atoms with E-state index in [1.165, 1.54) is 0 Å². The molecular formula is C11H10FN4. The number of para-hydroxylation sites is 1. The zero-order valence-electron chi connectivity index (χ0n) is 8.76. The van der Waals surface area contributed by atoms with E-state index < -0.39 is 6.08 Å². The van der Waals surface area contributed by atoms with Gasteiger partial charge < -0.3 is 4.90 Å². The summed E-state index contributed by atoms with van der Waals surface area (Å²) >= 11 is 0. The number of hydrogen-bond acceptors (Lipinski definition) is 4. The Balaban J connectivity index is 2.37. The van der Waals surface area contributed by atoms with Crippen LogP contribution >= 0.6 is 0 Å². The van der Waals surface area contributed by atoms with Crippen molar-refractivity contribution < 1.29 is 4.39 Å². The number of halogens is 1. The minimum atomic E-state index is -0.820. The molecule has 0 amide bonds. The molecule has 0 atom stereocenters. The molecule has 1 heterocycles. The van der Waals surface area contributed by atoms with Crippen LogP contribution in [-0.4, -0.2) is 21.5 Å². The highest BCUT2D eigenvalue weighted by Crippen LogP contribution is 2.20. The Kier molecular flexibility index (Phi) is 3.05.